The number of thiocarbonyl (C=S) groups is 1. The van der Waals surface area contributed by atoms with Crippen molar-refractivity contribution in [1.29, 1.82) is 0 Å². The maximum atomic E-state index is 5.26. The highest BCUT2D eigenvalue weighted by molar-refractivity contribution is 7.80. The zero-order chi connectivity index (χ0) is 8.97. The number of piperazine rings is 1. The van der Waals surface area contributed by atoms with E-state index in [9.17, 15) is 0 Å². The minimum Gasteiger partial charge on any atom is -0.471 e. The highest BCUT2D eigenvalue weighted by atomic mass is 35.5. The second-order valence-electron chi connectivity index (χ2n) is 2.99. The van der Waals surface area contributed by atoms with Crippen LogP contribution in [-0.4, -0.2) is 54.8 Å². The number of nitrogens with zero attached hydrogens (tertiary/aromatic N) is 2. The van der Waals surface area contributed by atoms with Crippen molar-refractivity contribution in [2.24, 2.45) is 0 Å². The Labute approximate surface area is 91.4 Å². The third-order valence-corrected chi connectivity index (χ3v) is 2.41. The van der Waals surface area contributed by atoms with Gasteiger partial charge in [0.25, 0.3) is 5.17 Å². The van der Waals surface area contributed by atoms with E-state index in [0.29, 0.717) is 11.8 Å². The van der Waals surface area contributed by atoms with Gasteiger partial charge in [0.05, 0.1) is 6.61 Å². The summed E-state index contributed by atoms with van der Waals surface area (Å²) in [6.07, 6.45) is 0. The molecule has 0 saturated carbocycles. The van der Waals surface area contributed by atoms with Gasteiger partial charge in [-0.2, -0.15) is 0 Å². The lowest BCUT2D eigenvalue weighted by atomic mass is 10.3. The van der Waals surface area contributed by atoms with Crippen molar-refractivity contribution in [1.82, 2.24) is 9.80 Å². The molecule has 0 aromatic carbocycles. The minimum atomic E-state index is 0. The van der Waals surface area contributed by atoms with Gasteiger partial charge in [-0.1, -0.05) is 0 Å². The summed E-state index contributed by atoms with van der Waals surface area (Å²) in [5, 5.41) is 0.658. The van der Waals surface area contributed by atoms with Crippen molar-refractivity contribution in [2.75, 3.05) is 39.8 Å². The Bertz CT molecular complexity index is 160. The van der Waals surface area contributed by atoms with Gasteiger partial charge in [-0.15, -0.1) is 12.4 Å². The summed E-state index contributed by atoms with van der Waals surface area (Å²) < 4.78 is 5.26. The van der Waals surface area contributed by atoms with Gasteiger partial charge in [0.15, 0.2) is 0 Å². The highest BCUT2D eigenvalue weighted by Gasteiger charge is 2.16. The van der Waals surface area contributed by atoms with E-state index in [2.05, 4.69) is 16.8 Å². The fourth-order valence-corrected chi connectivity index (χ4v) is 1.50. The van der Waals surface area contributed by atoms with E-state index in [-0.39, 0.29) is 12.4 Å². The third kappa shape index (κ3) is 4.11. The molecule has 1 fully saturated rings. The van der Waals surface area contributed by atoms with Crippen molar-refractivity contribution in [2.45, 2.75) is 6.92 Å². The van der Waals surface area contributed by atoms with Gasteiger partial charge in [-0.05, 0) is 26.2 Å². The molecule has 0 bridgehead atoms. The van der Waals surface area contributed by atoms with Crippen LogP contribution in [0.4, 0.5) is 0 Å². The molecule has 1 rings (SSSR count). The molecule has 0 spiro atoms. The smallest absolute Gasteiger partial charge is 0.259 e. The van der Waals surface area contributed by atoms with Crippen molar-refractivity contribution in [3.63, 3.8) is 0 Å². The van der Waals surface area contributed by atoms with Crippen LogP contribution in [0.5, 0.6) is 0 Å². The van der Waals surface area contributed by atoms with E-state index in [1.165, 1.54) is 0 Å². The van der Waals surface area contributed by atoms with Gasteiger partial charge < -0.3 is 14.5 Å². The molecule has 1 heterocycles. The third-order valence-electron chi connectivity index (χ3n) is 2.03. The molecule has 0 aromatic heterocycles. The van der Waals surface area contributed by atoms with Crippen LogP contribution in [0.15, 0.2) is 0 Å². The molecule has 78 valence electrons. The Morgan fingerprint density at radius 1 is 1.31 bits per heavy atom. The topological polar surface area (TPSA) is 15.7 Å². The predicted octanol–water partition coefficient (Wildman–Crippen LogP) is 0.977. The van der Waals surface area contributed by atoms with E-state index in [0.717, 1.165) is 26.2 Å². The lowest BCUT2D eigenvalue weighted by Crippen LogP contribution is -2.47. The molecular weight excluding hydrogens is 208 g/mol. The highest BCUT2D eigenvalue weighted by Crippen LogP contribution is 2.01. The van der Waals surface area contributed by atoms with Gasteiger partial charge in [0.1, 0.15) is 0 Å². The molecule has 13 heavy (non-hydrogen) atoms. The zero-order valence-corrected chi connectivity index (χ0v) is 9.79. The lowest BCUT2D eigenvalue weighted by molar-refractivity contribution is 0.178. The molecule has 0 N–H and O–H groups in total. The largest absolute Gasteiger partial charge is 0.471 e. The SMILES string of the molecule is CCOC(=S)N1CCN(C)CC1.Cl. The first-order chi connectivity index (χ1) is 5.74. The van der Waals surface area contributed by atoms with Crippen LogP contribution in [-0.2, 0) is 4.74 Å². The fraction of sp³-hybridized carbons (Fsp3) is 0.875. The molecule has 1 aliphatic rings. The fourth-order valence-electron chi connectivity index (χ4n) is 1.20. The van der Waals surface area contributed by atoms with Gasteiger partial charge in [-0.25, -0.2) is 0 Å². The Morgan fingerprint density at radius 2 is 1.85 bits per heavy atom. The molecule has 5 heteroatoms. The van der Waals surface area contributed by atoms with Crippen LogP contribution in [0.1, 0.15) is 6.92 Å². The molecule has 3 nitrogen and oxygen atoms in total. The molecule has 0 atom stereocenters. The normalized spacial score (nSPS) is 17.8. The average Bonchev–Trinajstić information content (AvgIpc) is 2.06. The molecule has 1 aliphatic heterocycles. The van der Waals surface area contributed by atoms with E-state index in [1.807, 2.05) is 6.92 Å². The molecule has 0 radical (unpaired) electrons. The molecular formula is C8H17ClN2OS. The molecule has 0 aliphatic carbocycles. The first-order valence-corrected chi connectivity index (χ1v) is 4.75. The Hall–Kier alpha value is -0.0600. The van der Waals surface area contributed by atoms with Gasteiger partial charge in [-0.3, -0.25) is 0 Å². The quantitative estimate of drug-likeness (QED) is 0.617. The summed E-state index contributed by atoms with van der Waals surface area (Å²) in [6, 6.07) is 0. The Balaban J connectivity index is 0.00000144. The summed E-state index contributed by atoms with van der Waals surface area (Å²) in [6.45, 7) is 6.78. The molecule has 0 unspecified atom stereocenters. The first kappa shape index (κ1) is 12.9. The summed E-state index contributed by atoms with van der Waals surface area (Å²) in [5.41, 5.74) is 0. The second-order valence-corrected chi connectivity index (χ2v) is 3.34. The van der Waals surface area contributed by atoms with Crippen LogP contribution >= 0.6 is 24.6 Å². The van der Waals surface area contributed by atoms with Crippen molar-refractivity contribution in [3.05, 3.63) is 0 Å². The van der Waals surface area contributed by atoms with Crippen LogP contribution in [0, 0.1) is 0 Å². The number of hydrogen-bond donors (Lipinski definition) is 0. The van der Waals surface area contributed by atoms with Crippen LogP contribution in [0.25, 0.3) is 0 Å². The Kier molecular flexibility index (Phi) is 6.37. The number of hydrogen-bond acceptors (Lipinski definition) is 3. The predicted molar refractivity (Wildman–Crippen MR) is 60.5 cm³/mol. The van der Waals surface area contributed by atoms with Crippen molar-refractivity contribution >= 4 is 29.8 Å². The summed E-state index contributed by atoms with van der Waals surface area (Å²) in [7, 11) is 2.13. The first-order valence-electron chi connectivity index (χ1n) is 4.34. The Morgan fingerprint density at radius 3 is 2.31 bits per heavy atom. The van der Waals surface area contributed by atoms with Gasteiger partial charge in [0, 0.05) is 26.2 Å². The standard InChI is InChI=1S/C8H16N2OS.ClH/c1-3-11-8(12)10-6-4-9(2)5-7-10;/h3-7H2,1-2H3;1H. The van der Waals surface area contributed by atoms with E-state index in [1.54, 1.807) is 0 Å². The number of halogens is 1. The minimum absolute atomic E-state index is 0. The van der Waals surface area contributed by atoms with Crippen molar-refractivity contribution in [3.8, 4) is 0 Å². The van der Waals surface area contributed by atoms with Gasteiger partial charge >= 0.3 is 0 Å². The number of rotatable bonds is 1. The molecule has 1 saturated heterocycles. The van der Waals surface area contributed by atoms with E-state index >= 15 is 0 Å². The maximum Gasteiger partial charge on any atom is 0.259 e. The zero-order valence-electron chi connectivity index (χ0n) is 8.15. The number of likely N-dealkylation sites (N-methyl/N-ethyl adjacent to an activating group) is 1. The van der Waals surface area contributed by atoms with Crippen LogP contribution in [0.3, 0.4) is 0 Å². The van der Waals surface area contributed by atoms with Crippen LogP contribution < -0.4 is 0 Å². The van der Waals surface area contributed by atoms with E-state index in [4.69, 9.17) is 17.0 Å². The average molecular weight is 225 g/mol. The monoisotopic (exact) mass is 224 g/mol. The number of ether oxygens (including phenoxy) is 1. The van der Waals surface area contributed by atoms with Crippen molar-refractivity contribution < 1.29 is 4.74 Å². The lowest BCUT2D eigenvalue weighted by Gasteiger charge is -2.33. The summed E-state index contributed by atoms with van der Waals surface area (Å²) in [4.78, 5) is 4.42. The summed E-state index contributed by atoms with van der Waals surface area (Å²) >= 11 is 5.10. The maximum absolute atomic E-state index is 5.26. The van der Waals surface area contributed by atoms with Crippen LogP contribution in [0.2, 0.25) is 0 Å². The molecule has 0 amide bonds. The van der Waals surface area contributed by atoms with E-state index < -0.39 is 0 Å². The summed E-state index contributed by atoms with van der Waals surface area (Å²) in [5.74, 6) is 0. The molecule has 0 aromatic rings. The second kappa shape index (κ2) is 6.40. The van der Waals surface area contributed by atoms with Gasteiger partial charge in [0.2, 0.25) is 0 Å².